The maximum absolute atomic E-state index is 12.2. The highest BCUT2D eigenvalue weighted by Crippen LogP contribution is 2.10. The van der Waals surface area contributed by atoms with Gasteiger partial charge in [-0.05, 0) is 12.8 Å². The topological polar surface area (TPSA) is 87.7 Å². The van der Waals surface area contributed by atoms with Gasteiger partial charge in [0.15, 0.2) is 0 Å². The molecule has 0 aromatic rings. The number of hydrogen-bond donors (Lipinski definition) is 2. The average Bonchev–Trinajstić information content (AvgIpc) is 2.37. The van der Waals surface area contributed by atoms with Crippen LogP contribution in [0.25, 0.3) is 0 Å². The number of ether oxygens (including phenoxy) is 1. The second kappa shape index (κ2) is 7.18. The van der Waals surface area contributed by atoms with Crippen molar-refractivity contribution in [2.45, 2.75) is 26.8 Å². The number of carbonyl (C=O) groups excluding carboxylic acids is 1. The highest BCUT2D eigenvalue weighted by atomic mass is 32.2. The van der Waals surface area contributed by atoms with Crippen LogP contribution in [-0.2, 0) is 19.7 Å². The summed E-state index contributed by atoms with van der Waals surface area (Å²) >= 11 is 0. The standard InChI is InChI=1S/C11H23N3O4S/c1-4-18-11(15)10-8-12-5-6-14(10)19(16,17)13-7-9(2)3/h9-10,12-13H,4-8H2,1-3H3. The zero-order valence-corrected chi connectivity index (χ0v) is 12.5. The van der Waals surface area contributed by atoms with E-state index in [-0.39, 0.29) is 25.6 Å². The number of hydrogen-bond acceptors (Lipinski definition) is 5. The molecule has 0 aliphatic carbocycles. The van der Waals surface area contributed by atoms with Gasteiger partial charge in [-0.2, -0.15) is 12.7 Å². The zero-order valence-electron chi connectivity index (χ0n) is 11.7. The fraction of sp³-hybridized carbons (Fsp3) is 0.909. The van der Waals surface area contributed by atoms with Crippen LogP contribution in [0, 0.1) is 5.92 Å². The van der Waals surface area contributed by atoms with Crippen molar-refractivity contribution in [3.8, 4) is 0 Å². The molecule has 2 N–H and O–H groups in total. The number of nitrogens with zero attached hydrogens (tertiary/aromatic N) is 1. The van der Waals surface area contributed by atoms with Gasteiger partial charge in [0.1, 0.15) is 6.04 Å². The van der Waals surface area contributed by atoms with Crippen LogP contribution in [0.15, 0.2) is 0 Å². The van der Waals surface area contributed by atoms with Gasteiger partial charge in [0.05, 0.1) is 6.61 Å². The Hall–Kier alpha value is -0.700. The maximum atomic E-state index is 12.2. The molecule has 1 atom stereocenters. The Morgan fingerprint density at radius 3 is 2.79 bits per heavy atom. The number of esters is 1. The number of carbonyl (C=O) groups is 1. The second-order valence-electron chi connectivity index (χ2n) is 4.83. The molecule has 1 rings (SSSR count). The Kier molecular flexibility index (Phi) is 6.18. The molecule has 8 heteroatoms. The lowest BCUT2D eigenvalue weighted by molar-refractivity contribution is -0.148. The summed E-state index contributed by atoms with van der Waals surface area (Å²) < 4.78 is 33.0. The Balaban J connectivity index is 2.78. The Labute approximate surface area is 114 Å². The molecular formula is C11H23N3O4S. The van der Waals surface area contributed by atoms with E-state index in [4.69, 9.17) is 4.74 Å². The number of rotatable bonds is 6. The van der Waals surface area contributed by atoms with Crippen LogP contribution in [0.3, 0.4) is 0 Å². The molecular weight excluding hydrogens is 270 g/mol. The van der Waals surface area contributed by atoms with Gasteiger partial charge in [0, 0.05) is 26.2 Å². The van der Waals surface area contributed by atoms with Crippen molar-refractivity contribution in [3.63, 3.8) is 0 Å². The summed E-state index contributed by atoms with van der Waals surface area (Å²) in [4.78, 5) is 11.8. The van der Waals surface area contributed by atoms with Crippen molar-refractivity contribution in [2.75, 3.05) is 32.8 Å². The van der Waals surface area contributed by atoms with Gasteiger partial charge >= 0.3 is 5.97 Å². The summed E-state index contributed by atoms with van der Waals surface area (Å²) in [5.74, 6) is -0.302. The van der Waals surface area contributed by atoms with E-state index in [2.05, 4.69) is 10.0 Å². The zero-order chi connectivity index (χ0) is 14.5. The SMILES string of the molecule is CCOC(=O)C1CNCCN1S(=O)(=O)NCC(C)C. The smallest absolute Gasteiger partial charge is 0.325 e. The first kappa shape index (κ1) is 16.4. The van der Waals surface area contributed by atoms with E-state index < -0.39 is 22.2 Å². The fourth-order valence-electron chi connectivity index (χ4n) is 1.77. The van der Waals surface area contributed by atoms with Gasteiger partial charge in [-0.25, -0.2) is 4.72 Å². The van der Waals surface area contributed by atoms with Crippen molar-refractivity contribution >= 4 is 16.2 Å². The van der Waals surface area contributed by atoms with E-state index in [0.717, 1.165) is 0 Å². The summed E-state index contributed by atoms with van der Waals surface area (Å²) in [5.41, 5.74) is 0. The first-order chi connectivity index (χ1) is 8.88. The lowest BCUT2D eigenvalue weighted by Gasteiger charge is -2.33. The van der Waals surface area contributed by atoms with Crippen LogP contribution < -0.4 is 10.0 Å². The normalized spacial score (nSPS) is 21.6. The summed E-state index contributed by atoms with van der Waals surface area (Å²) in [6, 6.07) is -0.793. The predicted octanol–water partition coefficient (Wildman–Crippen LogP) is -0.686. The lowest BCUT2D eigenvalue weighted by Crippen LogP contribution is -2.59. The highest BCUT2D eigenvalue weighted by molar-refractivity contribution is 7.87. The highest BCUT2D eigenvalue weighted by Gasteiger charge is 2.37. The third-order valence-electron chi connectivity index (χ3n) is 2.74. The Morgan fingerprint density at radius 2 is 2.21 bits per heavy atom. The van der Waals surface area contributed by atoms with Crippen molar-refractivity contribution < 1.29 is 17.9 Å². The van der Waals surface area contributed by atoms with Gasteiger partial charge in [-0.1, -0.05) is 13.8 Å². The minimum atomic E-state index is -3.65. The molecule has 0 aromatic carbocycles. The van der Waals surface area contributed by atoms with Crippen LogP contribution >= 0.6 is 0 Å². The minimum absolute atomic E-state index is 0.207. The molecule has 1 heterocycles. The van der Waals surface area contributed by atoms with Gasteiger partial charge in [-0.3, -0.25) is 4.79 Å². The molecule has 0 saturated carbocycles. The van der Waals surface area contributed by atoms with E-state index in [1.54, 1.807) is 6.92 Å². The largest absolute Gasteiger partial charge is 0.465 e. The predicted molar refractivity (Wildman–Crippen MR) is 71.8 cm³/mol. The first-order valence-electron chi connectivity index (χ1n) is 6.52. The second-order valence-corrected chi connectivity index (χ2v) is 6.54. The number of nitrogens with one attached hydrogen (secondary N) is 2. The molecule has 1 saturated heterocycles. The van der Waals surface area contributed by atoms with Crippen molar-refractivity contribution in [1.82, 2.24) is 14.3 Å². The third kappa shape index (κ3) is 4.72. The molecule has 0 spiro atoms. The van der Waals surface area contributed by atoms with Gasteiger partial charge < -0.3 is 10.1 Å². The molecule has 0 amide bonds. The summed E-state index contributed by atoms with van der Waals surface area (Å²) in [7, 11) is -3.65. The minimum Gasteiger partial charge on any atom is -0.465 e. The van der Waals surface area contributed by atoms with Crippen LogP contribution in [0.1, 0.15) is 20.8 Å². The molecule has 1 aliphatic heterocycles. The molecule has 0 bridgehead atoms. The lowest BCUT2D eigenvalue weighted by atomic mass is 10.2. The van der Waals surface area contributed by atoms with Crippen molar-refractivity contribution in [2.24, 2.45) is 5.92 Å². The van der Waals surface area contributed by atoms with Crippen LogP contribution in [0.2, 0.25) is 0 Å². The summed E-state index contributed by atoms with van der Waals surface area (Å²) in [6.45, 7) is 7.19. The first-order valence-corrected chi connectivity index (χ1v) is 7.96. The molecule has 19 heavy (non-hydrogen) atoms. The fourth-order valence-corrected chi connectivity index (χ4v) is 3.30. The molecule has 112 valence electrons. The van der Waals surface area contributed by atoms with Gasteiger partial charge in [0.2, 0.25) is 0 Å². The third-order valence-corrected chi connectivity index (χ3v) is 4.32. The van der Waals surface area contributed by atoms with E-state index in [1.165, 1.54) is 4.31 Å². The van der Waals surface area contributed by atoms with E-state index in [1.807, 2.05) is 13.8 Å². The Bertz CT molecular complexity index is 397. The van der Waals surface area contributed by atoms with Crippen molar-refractivity contribution in [1.29, 1.82) is 0 Å². The quantitative estimate of drug-likeness (QED) is 0.633. The van der Waals surface area contributed by atoms with Crippen molar-refractivity contribution in [3.05, 3.63) is 0 Å². The monoisotopic (exact) mass is 293 g/mol. The van der Waals surface area contributed by atoms with Gasteiger partial charge in [-0.15, -0.1) is 0 Å². The molecule has 1 unspecified atom stereocenters. The van der Waals surface area contributed by atoms with E-state index >= 15 is 0 Å². The molecule has 0 radical (unpaired) electrons. The number of piperazine rings is 1. The Morgan fingerprint density at radius 1 is 1.53 bits per heavy atom. The molecule has 1 aliphatic rings. The van der Waals surface area contributed by atoms with E-state index in [9.17, 15) is 13.2 Å². The van der Waals surface area contributed by atoms with Crippen LogP contribution in [-0.4, -0.2) is 57.5 Å². The van der Waals surface area contributed by atoms with Gasteiger partial charge in [0.25, 0.3) is 10.2 Å². The average molecular weight is 293 g/mol. The van der Waals surface area contributed by atoms with Crippen LogP contribution in [0.5, 0.6) is 0 Å². The van der Waals surface area contributed by atoms with Crippen LogP contribution in [0.4, 0.5) is 0 Å². The molecule has 1 fully saturated rings. The maximum Gasteiger partial charge on any atom is 0.325 e. The van der Waals surface area contributed by atoms with E-state index in [0.29, 0.717) is 13.1 Å². The summed E-state index contributed by atoms with van der Waals surface area (Å²) in [6.07, 6.45) is 0. The summed E-state index contributed by atoms with van der Waals surface area (Å²) in [5, 5.41) is 3.01. The molecule has 0 aromatic heterocycles. The molecule has 7 nitrogen and oxygen atoms in total.